The van der Waals surface area contributed by atoms with E-state index < -0.39 is 11.7 Å². The van der Waals surface area contributed by atoms with Gasteiger partial charge in [0.25, 0.3) is 11.5 Å². The van der Waals surface area contributed by atoms with E-state index in [-0.39, 0.29) is 23.6 Å². The van der Waals surface area contributed by atoms with Gasteiger partial charge in [0.05, 0.1) is 5.56 Å². The summed E-state index contributed by atoms with van der Waals surface area (Å²) in [4.78, 5) is 39.0. The third-order valence-electron chi connectivity index (χ3n) is 5.12. The largest absolute Gasteiger partial charge is 0.353 e. The molecule has 2 N–H and O–H groups in total. The lowest BCUT2D eigenvalue weighted by Gasteiger charge is -2.32. The minimum Gasteiger partial charge on any atom is -0.353 e. The summed E-state index contributed by atoms with van der Waals surface area (Å²) in [7, 11) is 2.05. The fourth-order valence-corrected chi connectivity index (χ4v) is 3.37. The molecule has 1 aliphatic heterocycles. The van der Waals surface area contributed by atoms with Gasteiger partial charge in [-0.1, -0.05) is 6.42 Å². The molecule has 29 heavy (non-hydrogen) atoms. The van der Waals surface area contributed by atoms with Crippen LogP contribution in [0.1, 0.15) is 29.6 Å². The number of nitrogens with one attached hydrogen (secondary N) is 2. The lowest BCUT2D eigenvalue weighted by Crippen LogP contribution is -2.45. The number of likely N-dealkylation sites (tertiary alicyclic amines) is 1. The molecule has 0 radical (unpaired) electrons. The van der Waals surface area contributed by atoms with Crippen LogP contribution in [0, 0.1) is 5.82 Å². The molecule has 0 aliphatic carbocycles. The van der Waals surface area contributed by atoms with Crippen molar-refractivity contribution >= 4 is 17.5 Å². The topological polar surface area (TPSA) is 83.4 Å². The third-order valence-corrected chi connectivity index (χ3v) is 5.12. The maximum atomic E-state index is 13.0. The van der Waals surface area contributed by atoms with Crippen molar-refractivity contribution < 1.29 is 14.0 Å². The first kappa shape index (κ1) is 20.7. The minimum absolute atomic E-state index is 0.160. The quantitative estimate of drug-likeness (QED) is 0.775. The van der Waals surface area contributed by atoms with Gasteiger partial charge in [-0.2, -0.15) is 0 Å². The molecule has 1 atom stereocenters. The Hall–Kier alpha value is -3.00. The smallest absolute Gasteiger partial charge is 0.257 e. The van der Waals surface area contributed by atoms with Gasteiger partial charge in [0.15, 0.2) is 0 Å². The van der Waals surface area contributed by atoms with Crippen LogP contribution in [-0.4, -0.2) is 47.5 Å². The van der Waals surface area contributed by atoms with Gasteiger partial charge >= 0.3 is 0 Å². The van der Waals surface area contributed by atoms with Crippen molar-refractivity contribution in [2.24, 2.45) is 0 Å². The van der Waals surface area contributed by atoms with Crippen molar-refractivity contribution in [3.8, 4) is 0 Å². The molecule has 1 fully saturated rings. The van der Waals surface area contributed by atoms with E-state index in [1.165, 1.54) is 53.6 Å². The number of likely N-dealkylation sites (N-methyl/N-ethyl adjacent to an activating group) is 1. The van der Waals surface area contributed by atoms with E-state index >= 15 is 0 Å². The molecule has 0 bridgehead atoms. The highest BCUT2D eigenvalue weighted by Gasteiger charge is 2.19. The van der Waals surface area contributed by atoms with Gasteiger partial charge in [0, 0.05) is 30.5 Å². The summed E-state index contributed by atoms with van der Waals surface area (Å²) in [6.07, 6.45) is 4.71. The standard InChI is InChI=1S/C21H25FN4O3/c1-25-11-3-2-4-18(25)12-23-19(27)14-26-13-15(5-10-20(26)28)21(29)24-17-8-6-16(22)7-9-17/h5-10,13,18H,2-4,11-12,14H2,1H3,(H,23,27)(H,24,29)/t18-/m0/s1. The summed E-state index contributed by atoms with van der Waals surface area (Å²) in [5, 5.41) is 5.51. The predicted octanol–water partition coefficient (Wildman–Crippen LogP) is 1.84. The summed E-state index contributed by atoms with van der Waals surface area (Å²) in [6, 6.07) is 8.32. The number of hydrogen-bond acceptors (Lipinski definition) is 4. The SMILES string of the molecule is CN1CCCC[C@H]1CNC(=O)Cn1cc(C(=O)Nc2ccc(F)cc2)ccc1=O. The van der Waals surface area contributed by atoms with E-state index in [4.69, 9.17) is 0 Å². The zero-order valence-electron chi connectivity index (χ0n) is 16.4. The van der Waals surface area contributed by atoms with Gasteiger partial charge in [-0.25, -0.2) is 4.39 Å². The van der Waals surface area contributed by atoms with Crippen LogP contribution in [-0.2, 0) is 11.3 Å². The molecule has 3 rings (SSSR count). The van der Waals surface area contributed by atoms with Crippen LogP contribution in [0.3, 0.4) is 0 Å². The molecule has 0 unspecified atom stereocenters. The van der Waals surface area contributed by atoms with E-state index in [1.54, 1.807) is 0 Å². The van der Waals surface area contributed by atoms with Gasteiger partial charge in [-0.15, -0.1) is 0 Å². The molecule has 154 valence electrons. The monoisotopic (exact) mass is 400 g/mol. The van der Waals surface area contributed by atoms with Crippen molar-refractivity contribution in [2.45, 2.75) is 31.8 Å². The molecule has 2 aromatic rings. The lowest BCUT2D eigenvalue weighted by molar-refractivity contribution is -0.122. The Labute approximate surface area is 168 Å². The second-order valence-electron chi connectivity index (χ2n) is 7.28. The minimum atomic E-state index is -0.449. The maximum Gasteiger partial charge on any atom is 0.257 e. The van der Waals surface area contributed by atoms with Gasteiger partial charge in [-0.3, -0.25) is 14.4 Å². The molecule has 2 heterocycles. The normalized spacial score (nSPS) is 17.0. The van der Waals surface area contributed by atoms with Crippen LogP contribution >= 0.6 is 0 Å². The summed E-state index contributed by atoms with van der Waals surface area (Å²) < 4.78 is 14.2. The molecule has 0 saturated carbocycles. The fraction of sp³-hybridized carbons (Fsp3) is 0.381. The number of amides is 2. The van der Waals surface area contributed by atoms with Gasteiger partial charge in [0.2, 0.25) is 5.91 Å². The molecular weight excluding hydrogens is 375 g/mol. The third kappa shape index (κ3) is 5.74. The summed E-state index contributed by atoms with van der Waals surface area (Å²) in [5.74, 6) is -1.13. The number of hydrogen-bond donors (Lipinski definition) is 2. The molecule has 0 spiro atoms. The number of carbonyl (C=O) groups is 2. The Bertz CT molecular complexity index is 926. The molecule has 8 heteroatoms. The Morgan fingerprint density at radius 3 is 2.62 bits per heavy atom. The first-order chi connectivity index (χ1) is 13.9. The van der Waals surface area contributed by atoms with Crippen LogP contribution in [0.5, 0.6) is 0 Å². The predicted molar refractivity (Wildman–Crippen MR) is 108 cm³/mol. The van der Waals surface area contributed by atoms with Crippen molar-refractivity contribution in [2.75, 3.05) is 25.5 Å². The number of nitrogens with zero attached hydrogens (tertiary/aromatic N) is 2. The number of halogens is 1. The summed E-state index contributed by atoms with van der Waals surface area (Å²) >= 11 is 0. The van der Waals surface area contributed by atoms with Crippen LogP contribution in [0.25, 0.3) is 0 Å². The molecule has 1 aromatic heterocycles. The molecule has 2 amide bonds. The second kappa shape index (κ2) is 9.47. The van der Waals surface area contributed by atoms with E-state index in [0.29, 0.717) is 18.3 Å². The molecule has 1 saturated heterocycles. The van der Waals surface area contributed by atoms with Crippen LogP contribution < -0.4 is 16.2 Å². The molecule has 1 aromatic carbocycles. The Kier molecular flexibility index (Phi) is 6.77. The number of benzene rings is 1. The first-order valence-corrected chi connectivity index (χ1v) is 9.67. The lowest BCUT2D eigenvalue weighted by atomic mass is 10.0. The average Bonchev–Trinajstić information content (AvgIpc) is 2.70. The number of rotatable bonds is 6. The highest BCUT2D eigenvalue weighted by molar-refractivity contribution is 6.04. The average molecular weight is 400 g/mol. The number of pyridine rings is 1. The summed E-state index contributed by atoms with van der Waals surface area (Å²) in [5.41, 5.74) is 0.297. The number of carbonyl (C=O) groups excluding carboxylic acids is 2. The molecule has 7 nitrogen and oxygen atoms in total. The number of anilines is 1. The first-order valence-electron chi connectivity index (χ1n) is 9.67. The Morgan fingerprint density at radius 2 is 1.90 bits per heavy atom. The van der Waals surface area contributed by atoms with Crippen molar-refractivity contribution in [3.05, 3.63) is 64.3 Å². The zero-order chi connectivity index (χ0) is 20.8. The van der Waals surface area contributed by atoms with Crippen LogP contribution in [0.4, 0.5) is 10.1 Å². The van der Waals surface area contributed by atoms with Gasteiger partial charge in [0.1, 0.15) is 12.4 Å². The highest BCUT2D eigenvalue weighted by Crippen LogP contribution is 2.14. The second-order valence-corrected chi connectivity index (χ2v) is 7.28. The van der Waals surface area contributed by atoms with Crippen molar-refractivity contribution in [1.82, 2.24) is 14.8 Å². The molecule has 1 aliphatic rings. The van der Waals surface area contributed by atoms with E-state index in [1.807, 2.05) is 7.05 Å². The Morgan fingerprint density at radius 1 is 1.14 bits per heavy atom. The van der Waals surface area contributed by atoms with Crippen LogP contribution in [0.15, 0.2) is 47.4 Å². The maximum absolute atomic E-state index is 13.0. The van der Waals surface area contributed by atoms with Crippen molar-refractivity contribution in [3.63, 3.8) is 0 Å². The van der Waals surface area contributed by atoms with Crippen LogP contribution in [0.2, 0.25) is 0 Å². The zero-order valence-corrected chi connectivity index (χ0v) is 16.4. The fourth-order valence-electron chi connectivity index (χ4n) is 3.37. The number of piperidine rings is 1. The van der Waals surface area contributed by atoms with Gasteiger partial charge in [-0.05, 0) is 56.8 Å². The molecular formula is C21H25FN4O3. The Balaban J connectivity index is 1.60. The number of aromatic nitrogens is 1. The van der Waals surface area contributed by atoms with Crippen molar-refractivity contribution in [1.29, 1.82) is 0 Å². The van der Waals surface area contributed by atoms with E-state index in [9.17, 15) is 18.8 Å². The van der Waals surface area contributed by atoms with E-state index in [2.05, 4.69) is 15.5 Å². The highest BCUT2D eigenvalue weighted by atomic mass is 19.1. The van der Waals surface area contributed by atoms with Gasteiger partial charge < -0.3 is 20.1 Å². The van der Waals surface area contributed by atoms with E-state index in [0.717, 1.165) is 19.4 Å². The summed E-state index contributed by atoms with van der Waals surface area (Å²) in [6.45, 7) is 1.40.